The molecule has 3 rings (SSSR count). The third kappa shape index (κ3) is 3.40. The number of hydrazone groups is 1. The summed E-state index contributed by atoms with van der Waals surface area (Å²) in [5, 5.41) is 11.1. The van der Waals surface area contributed by atoms with Gasteiger partial charge in [0, 0.05) is 5.39 Å². The molecule has 0 fully saturated rings. The first-order chi connectivity index (χ1) is 12.1. The van der Waals surface area contributed by atoms with Crippen molar-refractivity contribution in [3.8, 4) is 5.75 Å². The molecule has 2 aromatic carbocycles. The van der Waals surface area contributed by atoms with Gasteiger partial charge in [-0.15, -0.1) is 0 Å². The van der Waals surface area contributed by atoms with Crippen molar-refractivity contribution in [2.75, 3.05) is 7.11 Å². The fourth-order valence-corrected chi connectivity index (χ4v) is 2.37. The number of carbonyl (C=O) groups excluding carboxylic acids is 1. The van der Waals surface area contributed by atoms with E-state index in [2.05, 4.69) is 20.7 Å². The van der Waals surface area contributed by atoms with Crippen LogP contribution in [0.4, 0.5) is 0 Å². The molecule has 7 heteroatoms. The van der Waals surface area contributed by atoms with Crippen molar-refractivity contribution in [2.24, 2.45) is 5.10 Å². The van der Waals surface area contributed by atoms with Gasteiger partial charge in [0.2, 0.25) is 0 Å². The highest BCUT2D eigenvalue weighted by Crippen LogP contribution is 2.13. The van der Waals surface area contributed by atoms with Crippen LogP contribution in [-0.2, 0) is 0 Å². The van der Waals surface area contributed by atoms with E-state index in [0.29, 0.717) is 16.5 Å². The second kappa shape index (κ2) is 6.96. The van der Waals surface area contributed by atoms with Crippen molar-refractivity contribution in [3.63, 3.8) is 0 Å². The van der Waals surface area contributed by atoms with Crippen LogP contribution in [0.15, 0.2) is 58.4 Å². The lowest BCUT2D eigenvalue weighted by atomic mass is 10.1. The van der Waals surface area contributed by atoms with E-state index in [1.54, 1.807) is 38.3 Å². The molecule has 0 saturated carbocycles. The zero-order valence-corrected chi connectivity index (χ0v) is 13.7. The van der Waals surface area contributed by atoms with Crippen LogP contribution in [0.2, 0.25) is 0 Å². The summed E-state index contributed by atoms with van der Waals surface area (Å²) in [4.78, 5) is 24.2. The average molecular weight is 336 g/mol. The van der Waals surface area contributed by atoms with E-state index in [-0.39, 0.29) is 11.3 Å². The second-order valence-electron chi connectivity index (χ2n) is 5.31. The highest BCUT2D eigenvalue weighted by molar-refractivity contribution is 6.06. The first kappa shape index (κ1) is 16.4. The van der Waals surface area contributed by atoms with Crippen LogP contribution in [0.1, 0.15) is 23.0 Å². The number of hydrogen-bond acceptors (Lipinski definition) is 5. The van der Waals surface area contributed by atoms with Gasteiger partial charge in [-0.1, -0.05) is 18.2 Å². The van der Waals surface area contributed by atoms with Gasteiger partial charge in [0.05, 0.1) is 18.2 Å². The number of benzene rings is 2. The molecule has 0 radical (unpaired) electrons. The number of aromatic nitrogens is 2. The molecular formula is C18H16N4O3. The normalized spacial score (nSPS) is 11.4. The molecule has 3 aromatic rings. The molecule has 126 valence electrons. The molecule has 2 N–H and O–H groups in total. The Hall–Kier alpha value is -3.48. The average Bonchev–Trinajstić information content (AvgIpc) is 2.66. The summed E-state index contributed by atoms with van der Waals surface area (Å²) in [7, 11) is 1.59. The van der Waals surface area contributed by atoms with Gasteiger partial charge in [-0.05, 0) is 42.8 Å². The number of carbonyl (C=O) groups is 1. The highest BCUT2D eigenvalue weighted by Gasteiger charge is 2.13. The minimum Gasteiger partial charge on any atom is -0.497 e. The molecule has 1 amide bonds. The van der Waals surface area contributed by atoms with Crippen molar-refractivity contribution in [2.45, 2.75) is 6.92 Å². The van der Waals surface area contributed by atoms with Crippen molar-refractivity contribution < 1.29 is 9.53 Å². The second-order valence-corrected chi connectivity index (χ2v) is 5.31. The Labute approximate surface area is 143 Å². The Morgan fingerprint density at radius 3 is 2.48 bits per heavy atom. The number of hydrogen-bond donors (Lipinski definition) is 2. The Bertz CT molecular complexity index is 1010. The van der Waals surface area contributed by atoms with Crippen LogP contribution in [-0.4, -0.2) is 28.9 Å². The van der Waals surface area contributed by atoms with Gasteiger partial charge in [-0.25, -0.2) is 10.5 Å². The molecule has 0 saturated heterocycles. The fourth-order valence-electron chi connectivity index (χ4n) is 2.37. The topological polar surface area (TPSA) is 96.4 Å². The zero-order chi connectivity index (χ0) is 17.8. The molecule has 0 aliphatic rings. The van der Waals surface area contributed by atoms with Gasteiger partial charge in [0.25, 0.3) is 11.5 Å². The molecule has 1 heterocycles. The third-order valence-electron chi connectivity index (χ3n) is 3.74. The number of amides is 1. The largest absolute Gasteiger partial charge is 0.497 e. The number of aromatic amines is 1. The summed E-state index contributed by atoms with van der Waals surface area (Å²) in [6.07, 6.45) is 0. The number of nitrogens with one attached hydrogen (secondary N) is 2. The first-order valence-electron chi connectivity index (χ1n) is 7.56. The molecule has 0 aliphatic carbocycles. The SMILES string of the molecule is COc1ccc(/C(C)=N/NC(=O)c2n[nH]c(=O)c3ccccc23)cc1. The van der Waals surface area contributed by atoms with Crippen molar-refractivity contribution in [1.29, 1.82) is 0 Å². The lowest BCUT2D eigenvalue weighted by molar-refractivity contribution is 0.0950. The summed E-state index contributed by atoms with van der Waals surface area (Å²) < 4.78 is 5.11. The van der Waals surface area contributed by atoms with E-state index in [4.69, 9.17) is 4.74 Å². The minimum atomic E-state index is -0.500. The summed E-state index contributed by atoms with van der Waals surface area (Å²) in [6.45, 7) is 1.78. The minimum absolute atomic E-state index is 0.112. The number of rotatable bonds is 4. The highest BCUT2D eigenvalue weighted by atomic mass is 16.5. The molecule has 25 heavy (non-hydrogen) atoms. The van der Waals surface area contributed by atoms with E-state index in [1.807, 2.05) is 24.3 Å². The zero-order valence-electron chi connectivity index (χ0n) is 13.7. The Kier molecular flexibility index (Phi) is 4.56. The molecule has 0 unspecified atom stereocenters. The fraction of sp³-hybridized carbons (Fsp3) is 0.111. The Balaban J connectivity index is 1.85. The van der Waals surface area contributed by atoms with Crippen LogP contribution in [0.5, 0.6) is 5.75 Å². The predicted octanol–water partition coefficient (Wildman–Crippen LogP) is 2.09. The maximum absolute atomic E-state index is 12.4. The predicted molar refractivity (Wildman–Crippen MR) is 95.0 cm³/mol. The van der Waals surface area contributed by atoms with Crippen LogP contribution >= 0.6 is 0 Å². The van der Waals surface area contributed by atoms with Crippen molar-refractivity contribution in [1.82, 2.24) is 15.6 Å². The standard InChI is InChI=1S/C18H16N4O3/c1-11(12-7-9-13(25-2)10-8-12)19-22-18(24)16-14-5-3-4-6-15(14)17(23)21-20-16/h3-10H,1-2H3,(H,21,23)(H,22,24)/b19-11+. The number of ether oxygens (including phenoxy) is 1. The first-order valence-corrected chi connectivity index (χ1v) is 7.56. The maximum Gasteiger partial charge on any atom is 0.292 e. The lowest BCUT2D eigenvalue weighted by Crippen LogP contribution is -2.23. The number of fused-ring (bicyclic) bond motifs is 1. The lowest BCUT2D eigenvalue weighted by Gasteiger charge is -2.05. The van der Waals surface area contributed by atoms with Crippen LogP contribution in [0, 0.1) is 0 Å². The molecule has 1 aromatic heterocycles. The van der Waals surface area contributed by atoms with E-state index < -0.39 is 5.91 Å². The van der Waals surface area contributed by atoms with Gasteiger partial charge < -0.3 is 4.74 Å². The van der Waals surface area contributed by atoms with Gasteiger partial charge in [0.1, 0.15) is 5.75 Å². The van der Waals surface area contributed by atoms with Gasteiger partial charge in [-0.3, -0.25) is 9.59 Å². The van der Waals surface area contributed by atoms with Crippen LogP contribution in [0.25, 0.3) is 10.8 Å². The Morgan fingerprint density at radius 1 is 1.12 bits per heavy atom. The van der Waals surface area contributed by atoms with Gasteiger partial charge in [0.15, 0.2) is 5.69 Å². The molecule has 0 aliphatic heterocycles. The molecule has 0 spiro atoms. The van der Waals surface area contributed by atoms with Gasteiger partial charge in [-0.2, -0.15) is 10.2 Å². The summed E-state index contributed by atoms with van der Waals surface area (Å²) in [5.74, 6) is 0.241. The molecule has 0 atom stereocenters. The van der Waals surface area contributed by atoms with Crippen molar-refractivity contribution >= 4 is 22.4 Å². The van der Waals surface area contributed by atoms with E-state index in [1.165, 1.54) is 0 Å². The van der Waals surface area contributed by atoms with E-state index >= 15 is 0 Å². The third-order valence-corrected chi connectivity index (χ3v) is 3.74. The summed E-state index contributed by atoms with van der Waals surface area (Å²) in [6, 6.07) is 14.1. The smallest absolute Gasteiger partial charge is 0.292 e. The van der Waals surface area contributed by atoms with Crippen LogP contribution < -0.4 is 15.7 Å². The Morgan fingerprint density at radius 2 is 1.80 bits per heavy atom. The number of methoxy groups -OCH3 is 1. The van der Waals surface area contributed by atoms with Crippen molar-refractivity contribution in [3.05, 3.63) is 70.1 Å². The molecular weight excluding hydrogens is 320 g/mol. The number of nitrogens with zero attached hydrogens (tertiary/aromatic N) is 2. The van der Waals surface area contributed by atoms with E-state index in [0.717, 1.165) is 11.3 Å². The molecule has 0 bridgehead atoms. The number of H-pyrrole nitrogens is 1. The monoisotopic (exact) mass is 336 g/mol. The van der Waals surface area contributed by atoms with Crippen LogP contribution in [0.3, 0.4) is 0 Å². The summed E-state index contributed by atoms with van der Waals surface area (Å²) in [5.41, 5.74) is 3.72. The van der Waals surface area contributed by atoms with Gasteiger partial charge >= 0.3 is 0 Å². The summed E-state index contributed by atoms with van der Waals surface area (Å²) >= 11 is 0. The quantitative estimate of drug-likeness (QED) is 0.563. The van der Waals surface area contributed by atoms with E-state index in [9.17, 15) is 9.59 Å². The molecule has 7 nitrogen and oxygen atoms in total. The maximum atomic E-state index is 12.4.